The van der Waals surface area contributed by atoms with E-state index in [1.54, 1.807) is 18.2 Å². The summed E-state index contributed by atoms with van der Waals surface area (Å²) in [5, 5.41) is 8.18. The van der Waals surface area contributed by atoms with Gasteiger partial charge in [-0.15, -0.1) is 0 Å². The van der Waals surface area contributed by atoms with Gasteiger partial charge in [-0.3, -0.25) is 9.48 Å². The first-order valence-corrected chi connectivity index (χ1v) is 11.3. The Bertz CT molecular complexity index is 1090. The lowest BCUT2D eigenvalue weighted by molar-refractivity contribution is -0.0498. The Morgan fingerprint density at radius 1 is 1.25 bits per heavy atom. The smallest absolute Gasteiger partial charge is 0.387 e. The Morgan fingerprint density at radius 3 is 2.47 bits per heavy atom. The summed E-state index contributed by atoms with van der Waals surface area (Å²) in [5.41, 5.74) is 1.57. The maximum atomic E-state index is 14.7. The predicted octanol–water partition coefficient (Wildman–Crippen LogP) is 5.55. The van der Waals surface area contributed by atoms with Gasteiger partial charge in [0.25, 0.3) is 0 Å². The molecule has 172 valence electrons. The van der Waals surface area contributed by atoms with E-state index in [1.807, 2.05) is 32.7 Å². The molecule has 1 saturated heterocycles. The fraction of sp³-hybridized carbons (Fsp3) is 0.391. The van der Waals surface area contributed by atoms with E-state index in [1.165, 1.54) is 34.4 Å². The molecule has 0 atom stereocenters. The highest BCUT2D eigenvalue weighted by Gasteiger charge is 2.29. The van der Waals surface area contributed by atoms with Crippen LogP contribution in [-0.4, -0.2) is 46.8 Å². The van der Waals surface area contributed by atoms with E-state index in [0.29, 0.717) is 28.5 Å². The van der Waals surface area contributed by atoms with Crippen LogP contribution in [-0.2, 0) is 0 Å². The Balaban J connectivity index is 0.000000352. The highest BCUT2D eigenvalue weighted by molar-refractivity contribution is 8.00. The number of aldehydes is 1. The molecule has 0 amide bonds. The molecular weight excluding hydrogens is 439 g/mol. The molecular formula is C23H26F3N3O2S. The molecule has 1 aromatic heterocycles. The second kappa shape index (κ2) is 9.95. The van der Waals surface area contributed by atoms with Crippen molar-refractivity contribution in [3.8, 4) is 17.0 Å². The van der Waals surface area contributed by atoms with Crippen LogP contribution in [0.5, 0.6) is 5.75 Å². The van der Waals surface area contributed by atoms with Crippen molar-refractivity contribution in [1.29, 1.82) is 0 Å². The van der Waals surface area contributed by atoms with Gasteiger partial charge >= 0.3 is 6.61 Å². The van der Waals surface area contributed by atoms with E-state index in [2.05, 4.69) is 22.1 Å². The number of halogens is 3. The molecule has 0 saturated carbocycles. The number of hydrogen-bond donors (Lipinski definition) is 1. The number of thioether (sulfide) groups is 1. The van der Waals surface area contributed by atoms with E-state index >= 15 is 0 Å². The van der Waals surface area contributed by atoms with Crippen molar-refractivity contribution in [3.05, 3.63) is 47.8 Å². The largest absolute Gasteiger partial charge is 0.435 e. The lowest BCUT2D eigenvalue weighted by Crippen LogP contribution is -2.51. The molecule has 0 unspecified atom stereocenters. The molecule has 0 bridgehead atoms. The van der Waals surface area contributed by atoms with Gasteiger partial charge < -0.3 is 10.1 Å². The van der Waals surface area contributed by atoms with Crippen molar-refractivity contribution in [1.82, 2.24) is 15.1 Å². The molecule has 4 rings (SSSR count). The molecule has 2 aromatic carbocycles. The summed E-state index contributed by atoms with van der Waals surface area (Å²) >= 11 is 2.01. The van der Waals surface area contributed by atoms with Crippen LogP contribution in [0, 0.1) is 5.82 Å². The first-order chi connectivity index (χ1) is 15.2. The number of nitrogens with one attached hydrogen (secondary N) is 1. The monoisotopic (exact) mass is 465 g/mol. The topological polar surface area (TPSA) is 56.2 Å². The molecule has 1 fully saturated rings. The molecule has 2 heterocycles. The van der Waals surface area contributed by atoms with Crippen LogP contribution in [0.2, 0.25) is 0 Å². The molecule has 1 aliphatic heterocycles. The van der Waals surface area contributed by atoms with Crippen molar-refractivity contribution >= 4 is 29.0 Å². The number of carbonyl (C=O) groups excluding carboxylic acids is 1. The van der Waals surface area contributed by atoms with Crippen molar-refractivity contribution in [3.63, 3.8) is 0 Å². The van der Waals surface area contributed by atoms with Gasteiger partial charge in [-0.25, -0.2) is 4.39 Å². The molecule has 3 aromatic rings. The summed E-state index contributed by atoms with van der Waals surface area (Å²) < 4.78 is 45.4. The summed E-state index contributed by atoms with van der Waals surface area (Å²) in [7, 11) is 2.03. The molecule has 0 radical (unpaired) electrons. The highest BCUT2D eigenvalue weighted by Crippen LogP contribution is 2.34. The molecule has 0 aliphatic carbocycles. The summed E-state index contributed by atoms with van der Waals surface area (Å²) in [6.45, 7) is 2.98. The molecule has 0 spiro atoms. The van der Waals surface area contributed by atoms with Crippen LogP contribution in [0.15, 0.2) is 36.4 Å². The van der Waals surface area contributed by atoms with Crippen molar-refractivity contribution in [2.45, 2.75) is 39.0 Å². The maximum absolute atomic E-state index is 14.7. The standard InChI is InChI=1S/C18H15F3N2O2.C5H11NS/c1-10(2)23-17-14(7-6-12(9-24)15(17)19)16(22-23)11-4-3-5-13(8-11)25-18(20)21;1-5(6-2)3-7-4-5/h3-10,18H,1-2H3;6H,3-4H2,1-2H3. The van der Waals surface area contributed by atoms with E-state index < -0.39 is 12.4 Å². The van der Waals surface area contributed by atoms with Crippen LogP contribution in [0.4, 0.5) is 13.2 Å². The van der Waals surface area contributed by atoms with Crippen LogP contribution in [0.1, 0.15) is 37.2 Å². The third kappa shape index (κ3) is 5.10. The van der Waals surface area contributed by atoms with Gasteiger partial charge in [-0.1, -0.05) is 12.1 Å². The minimum Gasteiger partial charge on any atom is -0.435 e. The number of nitrogens with zero attached hydrogens (tertiary/aromatic N) is 2. The number of alkyl halides is 2. The first-order valence-electron chi connectivity index (χ1n) is 10.2. The number of rotatable bonds is 6. The van der Waals surface area contributed by atoms with E-state index in [-0.39, 0.29) is 22.9 Å². The average Bonchev–Trinajstić information content (AvgIpc) is 3.13. The Labute approximate surface area is 189 Å². The van der Waals surface area contributed by atoms with E-state index in [0.717, 1.165) is 0 Å². The number of fused-ring (bicyclic) bond motifs is 1. The van der Waals surface area contributed by atoms with Gasteiger partial charge in [0.2, 0.25) is 0 Å². The fourth-order valence-electron chi connectivity index (χ4n) is 3.26. The van der Waals surface area contributed by atoms with Crippen LogP contribution in [0.25, 0.3) is 22.2 Å². The van der Waals surface area contributed by atoms with E-state index in [4.69, 9.17) is 0 Å². The number of hydrogen-bond acceptors (Lipinski definition) is 5. The summed E-state index contributed by atoms with van der Waals surface area (Å²) in [6.07, 6.45) is 0.448. The van der Waals surface area contributed by atoms with Gasteiger partial charge in [0.15, 0.2) is 12.1 Å². The third-order valence-electron chi connectivity index (χ3n) is 5.23. The molecule has 32 heavy (non-hydrogen) atoms. The summed E-state index contributed by atoms with van der Waals surface area (Å²) in [4.78, 5) is 11.0. The fourth-order valence-corrected chi connectivity index (χ4v) is 4.36. The van der Waals surface area contributed by atoms with Crippen molar-refractivity contribution in [2.24, 2.45) is 0 Å². The minimum atomic E-state index is -2.94. The van der Waals surface area contributed by atoms with Crippen LogP contribution >= 0.6 is 11.8 Å². The lowest BCUT2D eigenvalue weighted by atomic mass is 10.1. The van der Waals surface area contributed by atoms with Crippen LogP contribution < -0.4 is 10.1 Å². The zero-order chi connectivity index (χ0) is 23.5. The van der Waals surface area contributed by atoms with E-state index in [9.17, 15) is 18.0 Å². The molecule has 1 aliphatic rings. The maximum Gasteiger partial charge on any atom is 0.387 e. The second-order valence-corrected chi connectivity index (χ2v) is 9.07. The summed E-state index contributed by atoms with van der Waals surface area (Å²) in [6, 6.07) is 8.88. The minimum absolute atomic E-state index is 0.00951. The molecule has 5 nitrogen and oxygen atoms in total. The van der Waals surface area contributed by atoms with Crippen molar-refractivity contribution in [2.75, 3.05) is 18.6 Å². The van der Waals surface area contributed by atoms with Gasteiger partial charge in [0, 0.05) is 34.0 Å². The van der Waals surface area contributed by atoms with Gasteiger partial charge in [-0.05, 0) is 52.1 Å². The molecule has 9 heteroatoms. The molecule has 1 N–H and O–H groups in total. The van der Waals surface area contributed by atoms with Gasteiger partial charge in [-0.2, -0.15) is 25.6 Å². The number of aromatic nitrogens is 2. The SMILES string of the molecule is CC(C)n1nc(-c2cccc(OC(F)F)c2)c2ccc(C=O)c(F)c21.CNC1(C)CSC1. The number of ether oxygens (including phenoxy) is 1. The Morgan fingerprint density at radius 2 is 1.97 bits per heavy atom. The van der Waals surface area contributed by atoms with Crippen molar-refractivity contribution < 1.29 is 22.7 Å². The number of benzene rings is 2. The Kier molecular flexibility index (Phi) is 7.51. The average molecular weight is 466 g/mol. The quantitative estimate of drug-likeness (QED) is 0.484. The second-order valence-electron chi connectivity index (χ2n) is 8.08. The third-order valence-corrected chi connectivity index (χ3v) is 6.91. The lowest BCUT2D eigenvalue weighted by Gasteiger charge is -2.37. The van der Waals surface area contributed by atoms with Gasteiger partial charge in [0.05, 0.1) is 5.56 Å². The number of carbonyl (C=O) groups is 1. The first kappa shape index (κ1) is 24.1. The highest BCUT2D eigenvalue weighted by atomic mass is 32.2. The predicted molar refractivity (Wildman–Crippen MR) is 122 cm³/mol. The normalized spacial score (nSPS) is 14.8. The van der Waals surface area contributed by atoms with Crippen LogP contribution in [0.3, 0.4) is 0 Å². The Hall–Kier alpha value is -2.52. The zero-order valence-electron chi connectivity index (χ0n) is 18.4. The van der Waals surface area contributed by atoms with Gasteiger partial charge in [0.1, 0.15) is 17.0 Å². The summed E-state index contributed by atoms with van der Waals surface area (Å²) in [5.74, 6) is 1.90. The zero-order valence-corrected chi connectivity index (χ0v) is 19.2.